The summed E-state index contributed by atoms with van der Waals surface area (Å²) in [6.07, 6.45) is 0.400. The van der Waals surface area contributed by atoms with E-state index in [1.807, 2.05) is 38.1 Å². The summed E-state index contributed by atoms with van der Waals surface area (Å²) in [6.45, 7) is 5.55. The smallest absolute Gasteiger partial charge is 0.191 e. The average Bonchev–Trinajstić information content (AvgIpc) is 2.77. The molecule has 7 nitrogen and oxygen atoms in total. The summed E-state index contributed by atoms with van der Waals surface area (Å²) in [5.74, 6) is 3.02. The van der Waals surface area contributed by atoms with Gasteiger partial charge in [-0.3, -0.25) is 4.79 Å². The zero-order valence-corrected chi connectivity index (χ0v) is 17.5. The lowest BCUT2D eigenvalue weighted by atomic mass is 10.3. The number of ether oxygens (including phenoxy) is 6. The van der Waals surface area contributed by atoms with Crippen LogP contribution in [-0.4, -0.2) is 53.2 Å². The Morgan fingerprint density at radius 3 is 1.52 bits per heavy atom. The summed E-state index contributed by atoms with van der Waals surface area (Å²) >= 11 is 0. The van der Waals surface area contributed by atoms with Crippen LogP contribution in [0.2, 0.25) is 0 Å². The first-order chi connectivity index (χ1) is 14.2. The highest BCUT2D eigenvalue weighted by molar-refractivity contribution is 5.51. The van der Waals surface area contributed by atoms with Gasteiger partial charge in [0.05, 0.1) is 14.2 Å². The molecule has 0 unspecified atom stereocenters. The summed E-state index contributed by atoms with van der Waals surface area (Å²) in [7, 11) is 3.23. The Bertz CT molecular complexity index is 650. The van der Waals surface area contributed by atoms with Crippen LogP contribution in [0.3, 0.4) is 0 Å². The van der Waals surface area contributed by atoms with Crippen LogP contribution >= 0.6 is 0 Å². The topological polar surface area (TPSA) is 72.5 Å². The lowest BCUT2D eigenvalue weighted by molar-refractivity contribution is -0.152. The van der Waals surface area contributed by atoms with E-state index < -0.39 is 0 Å². The lowest BCUT2D eigenvalue weighted by Gasteiger charge is -2.17. The predicted octanol–water partition coefficient (Wildman–Crippen LogP) is 3.75. The molecule has 0 bridgehead atoms. The SMILES string of the molecule is CCOC(COc1ccc(OC)cc1)OCC.COc1ccc(OCC=O)cc1. The molecule has 0 amide bonds. The van der Waals surface area contributed by atoms with Crippen molar-refractivity contribution in [1.29, 1.82) is 0 Å². The van der Waals surface area contributed by atoms with Crippen molar-refractivity contribution in [2.24, 2.45) is 0 Å². The highest BCUT2D eigenvalue weighted by Gasteiger charge is 2.08. The Hall–Kier alpha value is -2.77. The number of benzene rings is 2. The van der Waals surface area contributed by atoms with Gasteiger partial charge < -0.3 is 28.4 Å². The Labute approximate surface area is 172 Å². The number of carbonyl (C=O) groups is 1. The first-order valence-corrected chi connectivity index (χ1v) is 9.37. The second-order valence-corrected chi connectivity index (χ2v) is 5.48. The average molecular weight is 406 g/mol. The highest BCUT2D eigenvalue weighted by Crippen LogP contribution is 2.18. The van der Waals surface area contributed by atoms with Crippen LogP contribution in [0.15, 0.2) is 48.5 Å². The van der Waals surface area contributed by atoms with Gasteiger partial charge in [-0.2, -0.15) is 0 Å². The second kappa shape index (κ2) is 15.2. The van der Waals surface area contributed by atoms with Gasteiger partial charge in [-0.05, 0) is 62.4 Å². The maximum absolute atomic E-state index is 9.95. The quantitative estimate of drug-likeness (QED) is 0.393. The van der Waals surface area contributed by atoms with Crippen LogP contribution in [-0.2, 0) is 14.3 Å². The molecule has 0 saturated heterocycles. The van der Waals surface area contributed by atoms with Crippen LogP contribution in [0.25, 0.3) is 0 Å². The third-order valence-electron chi connectivity index (χ3n) is 3.53. The molecular formula is C22H30O7. The van der Waals surface area contributed by atoms with Crippen molar-refractivity contribution in [2.75, 3.05) is 40.6 Å². The van der Waals surface area contributed by atoms with Gasteiger partial charge in [0, 0.05) is 13.2 Å². The summed E-state index contributed by atoms with van der Waals surface area (Å²) in [4.78, 5) is 9.95. The minimum Gasteiger partial charge on any atom is -0.497 e. The molecule has 2 rings (SSSR count). The van der Waals surface area contributed by atoms with Crippen molar-refractivity contribution < 1.29 is 33.2 Å². The van der Waals surface area contributed by atoms with Gasteiger partial charge in [0.1, 0.15) is 36.2 Å². The van der Waals surface area contributed by atoms with Crippen LogP contribution in [0, 0.1) is 0 Å². The summed E-state index contributed by atoms with van der Waals surface area (Å²) < 4.78 is 31.4. The number of hydrogen-bond acceptors (Lipinski definition) is 7. The molecule has 0 radical (unpaired) electrons. The molecule has 2 aromatic carbocycles. The van der Waals surface area contributed by atoms with E-state index >= 15 is 0 Å². The van der Waals surface area contributed by atoms with Crippen LogP contribution in [0.1, 0.15) is 13.8 Å². The van der Waals surface area contributed by atoms with Crippen molar-refractivity contribution in [1.82, 2.24) is 0 Å². The highest BCUT2D eigenvalue weighted by atomic mass is 16.7. The monoisotopic (exact) mass is 406 g/mol. The number of methoxy groups -OCH3 is 2. The molecule has 29 heavy (non-hydrogen) atoms. The fraction of sp³-hybridized carbons (Fsp3) is 0.409. The molecule has 2 aromatic rings. The van der Waals surface area contributed by atoms with Gasteiger partial charge in [-0.15, -0.1) is 0 Å². The number of aldehydes is 1. The minimum atomic E-state index is -0.313. The normalized spacial score (nSPS) is 9.97. The molecule has 160 valence electrons. The third kappa shape index (κ3) is 10.4. The maximum Gasteiger partial charge on any atom is 0.191 e. The van der Waals surface area contributed by atoms with E-state index in [0.29, 0.717) is 31.9 Å². The molecule has 0 atom stereocenters. The van der Waals surface area contributed by atoms with Crippen molar-refractivity contribution >= 4 is 6.29 Å². The fourth-order valence-electron chi connectivity index (χ4n) is 2.15. The van der Waals surface area contributed by atoms with E-state index in [9.17, 15) is 4.79 Å². The molecule has 0 N–H and O–H groups in total. The molecule has 0 aromatic heterocycles. The molecule has 0 heterocycles. The van der Waals surface area contributed by atoms with Crippen molar-refractivity contribution in [3.05, 3.63) is 48.5 Å². The number of carbonyl (C=O) groups excluding carboxylic acids is 1. The molecule has 0 aliphatic carbocycles. The molecule has 0 aliphatic rings. The first-order valence-electron chi connectivity index (χ1n) is 9.37. The Kier molecular flexibility index (Phi) is 12.7. The molecule has 0 saturated carbocycles. The maximum atomic E-state index is 9.95. The largest absolute Gasteiger partial charge is 0.497 e. The minimum absolute atomic E-state index is 0.0896. The summed E-state index contributed by atoms with van der Waals surface area (Å²) in [6, 6.07) is 14.5. The van der Waals surface area contributed by atoms with Gasteiger partial charge in [-0.1, -0.05) is 0 Å². The van der Waals surface area contributed by atoms with E-state index in [-0.39, 0.29) is 12.9 Å². The van der Waals surface area contributed by atoms with Gasteiger partial charge in [0.15, 0.2) is 12.6 Å². The van der Waals surface area contributed by atoms with Gasteiger partial charge in [0.25, 0.3) is 0 Å². The van der Waals surface area contributed by atoms with Gasteiger partial charge >= 0.3 is 0 Å². The van der Waals surface area contributed by atoms with Gasteiger partial charge in [0.2, 0.25) is 0 Å². The predicted molar refractivity (Wildman–Crippen MR) is 110 cm³/mol. The zero-order chi connectivity index (χ0) is 21.3. The van der Waals surface area contributed by atoms with E-state index in [2.05, 4.69) is 0 Å². The Balaban J connectivity index is 0.000000308. The molecular weight excluding hydrogens is 376 g/mol. The van der Waals surface area contributed by atoms with E-state index in [0.717, 1.165) is 17.2 Å². The number of hydrogen-bond donors (Lipinski definition) is 0. The van der Waals surface area contributed by atoms with Crippen LogP contribution in [0.5, 0.6) is 23.0 Å². The van der Waals surface area contributed by atoms with Crippen molar-refractivity contribution in [3.63, 3.8) is 0 Å². The van der Waals surface area contributed by atoms with E-state index in [4.69, 9.17) is 28.4 Å². The molecule has 0 fully saturated rings. The Morgan fingerprint density at radius 1 is 0.724 bits per heavy atom. The first kappa shape index (κ1) is 24.3. The number of rotatable bonds is 12. The fourth-order valence-corrected chi connectivity index (χ4v) is 2.15. The molecule has 0 aliphatic heterocycles. The summed E-state index contributed by atoms with van der Waals surface area (Å²) in [5.41, 5.74) is 0. The third-order valence-corrected chi connectivity index (χ3v) is 3.53. The standard InChI is InChI=1S/C13H20O4.C9H10O3/c1-4-15-13(16-5-2)10-17-12-8-6-11(14-3)7-9-12;1-11-8-2-4-9(5-3-8)12-7-6-10/h6-9,13H,4-5,10H2,1-3H3;2-6H,7H2,1H3. The molecule has 0 spiro atoms. The van der Waals surface area contributed by atoms with Crippen molar-refractivity contribution in [2.45, 2.75) is 20.1 Å². The van der Waals surface area contributed by atoms with E-state index in [1.54, 1.807) is 38.5 Å². The van der Waals surface area contributed by atoms with Crippen molar-refractivity contribution in [3.8, 4) is 23.0 Å². The zero-order valence-electron chi connectivity index (χ0n) is 17.5. The lowest BCUT2D eigenvalue weighted by Crippen LogP contribution is -2.25. The van der Waals surface area contributed by atoms with Gasteiger partial charge in [-0.25, -0.2) is 0 Å². The summed E-state index contributed by atoms with van der Waals surface area (Å²) in [5, 5.41) is 0. The van der Waals surface area contributed by atoms with Crippen LogP contribution < -0.4 is 18.9 Å². The van der Waals surface area contributed by atoms with E-state index in [1.165, 1.54) is 0 Å². The second-order valence-electron chi connectivity index (χ2n) is 5.48. The Morgan fingerprint density at radius 2 is 1.14 bits per heavy atom. The molecule has 7 heteroatoms. The van der Waals surface area contributed by atoms with Crippen LogP contribution in [0.4, 0.5) is 0 Å².